The quantitative estimate of drug-likeness (QED) is 0.457. The molecule has 0 amide bonds. The summed E-state index contributed by atoms with van der Waals surface area (Å²) in [6.45, 7) is 7.04. The molecule has 120 valence electrons. The molecule has 1 rings (SSSR count). The summed E-state index contributed by atoms with van der Waals surface area (Å²) in [5.41, 5.74) is 1.48. The molecule has 0 aliphatic rings. The third-order valence-corrected chi connectivity index (χ3v) is 2.59. The lowest BCUT2D eigenvalue weighted by Gasteiger charge is -2.23. The molecule has 0 saturated carbocycles. The summed E-state index contributed by atoms with van der Waals surface area (Å²) in [6, 6.07) is 5.02. The predicted octanol–water partition coefficient (Wildman–Crippen LogP) is 3.05. The molecule has 1 aromatic carbocycles. The Hall–Kier alpha value is -0.890. The first-order valence-electron chi connectivity index (χ1n) is 6.61. The minimum absolute atomic E-state index is 0. The third kappa shape index (κ3) is 7.61. The molecule has 6 heteroatoms. The van der Waals surface area contributed by atoms with Crippen LogP contribution in [0.4, 0.5) is 4.39 Å². The Labute approximate surface area is 143 Å². The van der Waals surface area contributed by atoms with Crippen LogP contribution in [0.1, 0.15) is 31.9 Å². The van der Waals surface area contributed by atoms with E-state index in [9.17, 15) is 4.39 Å². The van der Waals surface area contributed by atoms with Crippen LogP contribution in [-0.4, -0.2) is 25.7 Å². The molecule has 1 aromatic rings. The highest BCUT2D eigenvalue weighted by Gasteiger charge is 2.11. The van der Waals surface area contributed by atoms with Crippen LogP contribution in [0, 0.1) is 5.82 Å². The van der Waals surface area contributed by atoms with Crippen molar-refractivity contribution in [1.82, 2.24) is 10.6 Å². The third-order valence-electron chi connectivity index (χ3n) is 2.59. The van der Waals surface area contributed by atoms with Crippen molar-refractivity contribution in [1.29, 1.82) is 0 Å². The molecule has 0 spiro atoms. The van der Waals surface area contributed by atoms with Gasteiger partial charge in [-0.15, -0.1) is 24.0 Å². The molecule has 4 nitrogen and oxygen atoms in total. The van der Waals surface area contributed by atoms with Gasteiger partial charge in [0.25, 0.3) is 0 Å². The summed E-state index contributed by atoms with van der Waals surface area (Å²) in [6.07, 6.45) is 0. The second-order valence-electron chi connectivity index (χ2n) is 5.66. The number of nitrogens with one attached hydrogen (secondary N) is 2. The number of nitrogens with zero attached hydrogens (tertiary/aromatic N) is 1. The van der Waals surface area contributed by atoms with E-state index < -0.39 is 0 Å². The number of hydrogen-bond acceptors (Lipinski definition) is 2. The van der Waals surface area contributed by atoms with E-state index in [1.807, 2.05) is 0 Å². The first-order valence-corrected chi connectivity index (χ1v) is 6.61. The fourth-order valence-corrected chi connectivity index (χ4v) is 1.72. The van der Waals surface area contributed by atoms with Crippen molar-refractivity contribution in [3.63, 3.8) is 0 Å². The van der Waals surface area contributed by atoms with E-state index in [1.165, 1.54) is 6.07 Å². The van der Waals surface area contributed by atoms with Crippen LogP contribution >= 0.6 is 24.0 Å². The van der Waals surface area contributed by atoms with E-state index in [4.69, 9.17) is 4.74 Å². The molecule has 0 bridgehead atoms. The molecular formula is C15H25FIN3O. The highest BCUT2D eigenvalue weighted by Crippen LogP contribution is 2.11. The summed E-state index contributed by atoms with van der Waals surface area (Å²) in [5.74, 6) is 0.475. The Morgan fingerprint density at radius 2 is 2.00 bits per heavy atom. The maximum absolute atomic E-state index is 13.5. The monoisotopic (exact) mass is 409 g/mol. The summed E-state index contributed by atoms with van der Waals surface area (Å²) in [5, 5.41) is 6.47. The lowest BCUT2D eigenvalue weighted by molar-refractivity contribution is 0.181. The van der Waals surface area contributed by atoms with Crippen LogP contribution in [0.3, 0.4) is 0 Å². The summed E-state index contributed by atoms with van der Waals surface area (Å²) >= 11 is 0. The van der Waals surface area contributed by atoms with Gasteiger partial charge in [0, 0.05) is 31.8 Å². The molecule has 0 unspecified atom stereocenters. The Balaban J connectivity index is 0.00000400. The Morgan fingerprint density at radius 3 is 2.52 bits per heavy atom. The average molecular weight is 409 g/mol. The van der Waals surface area contributed by atoms with Crippen LogP contribution in [-0.2, 0) is 17.9 Å². The molecule has 0 aliphatic carbocycles. The minimum Gasteiger partial charge on any atom is -0.380 e. The predicted molar refractivity (Wildman–Crippen MR) is 95.6 cm³/mol. The van der Waals surface area contributed by atoms with Crippen molar-refractivity contribution in [2.45, 2.75) is 39.5 Å². The van der Waals surface area contributed by atoms with Gasteiger partial charge in [-0.3, -0.25) is 4.99 Å². The second kappa shape index (κ2) is 9.19. The number of aliphatic imine (C=N–C) groups is 1. The van der Waals surface area contributed by atoms with Gasteiger partial charge in [-0.05, 0) is 38.5 Å². The first kappa shape index (κ1) is 20.1. The standard InChI is InChI=1S/C15H24FN3O.HI/c1-15(2,3)19-14(17-4)18-9-11-6-7-13(16)12(8-11)10-20-5;/h6-8H,9-10H2,1-5H3,(H2,17,18,19);1H. The molecule has 0 radical (unpaired) electrons. The molecule has 0 saturated heterocycles. The number of rotatable bonds is 4. The smallest absolute Gasteiger partial charge is 0.191 e. The van der Waals surface area contributed by atoms with Crippen LogP contribution in [0.15, 0.2) is 23.2 Å². The molecule has 0 aliphatic heterocycles. The van der Waals surface area contributed by atoms with Crippen molar-refractivity contribution in [2.75, 3.05) is 14.2 Å². The number of benzene rings is 1. The van der Waals surface area contributed by atoms with Gasteiger partial charge >= 0.3 is 0 Å². The van der Waals surface area contributed by atoms with Gasteiger partial charge in [0.05, 0.1) is 6.61 Å². The van der Waals surface area contributed by atoms with Gasteiger partial charge in [-0.2, -0.15) is 0 Å². The normalized spacial score (nSPS) is 11.8. The molecule has 0 heterocycles. The van der Waals surface area contributed by atoms with E-state index in [2.05, 4.69) is 36.4 Å². The SMILES string of the molecule is CN=C(NCc1ccc(F)c(COC)c1)NC(C)(C)C.I. The molecule has 2 N–H and O–H groups in total. The number of ether oxygens (including phenoxy) is 1. The van der Waals surface area contributed by atoms with Gasteiger partial charge in [0.2, 0.25) is 0 Å². The maximum Gasteiger partial charge on any atom is 0.191 e. The zero-order valence-electron chi connectivity index (χ0n) is 13.3. The topological polar surface area (TPSA) is 45.7 Å². The Bertz CT molecular complexity index is 472. The van der Waals surface area contributed by atoms with Gasteiger partial charge in [0.15, 0.2) is 5.96 Å². The first-order chi connectivity index (χ1) is 9.35. The second-order valence-corrected chi connectivity index (χ2v) is 5.66. The maximum atomic E-state index is 13.5. The molecule has 0 fully saturated rings. The zero-order valence-corrected chi connectivity index (χ0v) is 15.6. The van der Waals surface area contributed by atoms with Crippen molar-refractivity contribution in [2.24, 2.45) is 4.99 Å². The van der Waals surface area contributed by atoms with Gasteiger partial charge < -0.3 is 15.4 Å². The minimum atomic E-state index is -0.243. The Morgan fingerprint density at radius 1 is 1.33 bits per heavy atom. The Kier molecular flexibility index (Phi) is 8.80. The van der Waals surface area contributed by atoms with Gasteiger partial charge in [-0.1, -0.05) is 6.07 Å². The van der Waals surface area contributed by atoms with Crippen molar-refractivity contribution >= 4 is 29.9 Å². The summed E-state index contributed by atoms with van der Waals surface area (Å²) in [7, 11) is 3.28. The van der Waals surface area contributed by atoms with E-state index >= 15 is 0 Å². The van der Waals surface area contributed by atoms with Crippen molar-refractivity contribution in [3.05, 3.63) is 35.1 Å². The zero-order chi connectivity index (χ0) is 15.2. The number of methoxy groups -OCH3 is 1. The van der Waals surface area contributed by atoms with E-state index in [0.29, 0.717) is 12.1 Å². The largest absolute Gasteiger partial charge is 0.380 e. The fourth-order valence-electron chi connectivity index (χ4n) is 1.72. The van der Waals surface area contributed by atoms with Gasteiger partial charge in [-0.25, -0.2) is 4.39 Å². The van der Waals surface area contributed by atoms with E-state index in [-0.39, 0.29) is 41.9 Å². The number of guanidine groups is 1. The van der Waals surface area contributed by atoms with Crippen molar-refractivity contribution < 1.29 is 9.13 Å². The number of halogens is 2. The van der Waals surface area contributed by atoms with E-state index in [0.717, 1.165) is 11.5 Å². The highest BCUT2D eigenvalue weighted by atomic mass is 127. The summed E-state index contributed by atoms with van der Waals surface area (Å²) in [4.78, 5) is 4.16. The fraction of sp³-hybridized carbons (Fsp3) is 0.533. The van der Waals surface area contributed by atoms with Crippen LogP contribution in [0.2, 0.25) is 0 Å². The van der Waals surface area contributed by atoms with Crippen LogP contribution in [0.5, 0.6) is 0 Å². The molecule has 0 atom stereocenters. The highest BCUT2D eigenvalue weighted by molar-refractivity contribution is 14.0. The molecule has 0 aromatic heterocycles. The van der Waals surface area contributed by atoms with E-state index in [1.54, 1.807) is 26.3 Å². The average Bonchev–Trinajstić information content (AvgIpc) is 2.37. The molecule has 21 heavy (non-hydrogen) atoms. The van der Waals surface area contributed by atoms with Crippen LogP contribution < -0.4 is 10.6 Å². The van der Waals surface area contributed by atoms with Crippen molar-refractivity contribution in [3.8, 4) is 0 Å². The lowest BCUT2D eigenvalue weighted by Crippen LogP contribution is -2.47. The van der Waals surface area contributed by atoms with Gasteiger partial charge in [0.1, 0.15) is 5.82 Å². The number of hydrogen-bond donors (Lipinski definition) is 2. The lowest BCUT2D eigenvalue weighted by atomic mass is 10.1. The van der Waals surface area contributed by atoms with Crippen LogP contribution in [0.25, 0.3) is 0 Å². The molecular weight excluding hydrogens is 384 g/mol. The summed E-state index contributed by atoms with van der Waals surface area (Å²) < 4.78 is 18.5.